The molecule has 0 saturated carbocycles. The van der Waals surface area contributed by atoms with Crippen molar-refractivity contribution < 1.29 is 14.3 Å². The number of benzene rings is 2. The lowest BCUT2D eigenvalue weighted by atomic mass is 10.0. The average molecular weight is 430 g/mol. The van der Waals surface area contributed by atoms with E-state index in [0.717, 1.165) is 28.2 Å². The lowest BCUT2D eigenvalue weighted by molar-refractivity contribution is 0.0963. The van der Waals surface area contributed by atoms with E-state index in [1.807, 2.05) is 24.3 Å². The van der Waals surface area contributed by atoms with E-state index in [1.54, 1.807) is 36.6 Å². The second-order valence-corrected chi connectivity index (χ2v) is 8.23. The Morgan fingerprint density at radius 3 is 2.79 bits per heavy atom. The fourth-order valence-corrected chi connectivity index (χ4v) is 4.85. The Labute approximate surface area is 178 Å². The number of hydrogen-bond acceptors (Lipinski definition) is 4. The van der Waals surface area contributed by atoms with E-state index in [1.165, 1.54) is 16.8 Å². The molecule has 2 aromatic rings. The van der Waals surface area contributed by atoms with Crippen LogP contribution in [0.4, 0.5) is 10.5 Å². The van der Waals surface area contributed by atoms with Gasteiger partial charge in [0.15, 0.2) is 0 Å². The van der Waals surface area contributed by atoms with Gasteiger partial charge in [-0.15, -0.1) is 0 Å². The Morgan fingerprint density at radius 1 is 1.24 bits per heavy atom. The third-order valence-corrected chi connectivity index (χ3v) is 6.44. The molecular weight excluding hydrogens is 410 g/mol. The zero-order valence-electron chi connectivity index (χ0n) is 16.1. The quantitative estimate of drug-likeness (QED) is 0.718. The van der Waals surface area contributed by atoms with E-state index in [9.17, 15) is 9.59 Å². The highest BCUT2D eigenvalue weighted by Gasteiger charge is 2.33. The molecule has 6 nitrogen and oxygen atoms in total. The predicted octanol–water partition coefficient (Wildman–Crippen LogP) is 4.41. The number of nitrogens with zero attached hydrogens (tertiary/aromatic N) is 2. The van der Waals surface area contributed by atoms with Gasteiger partial charge in [0.2, 0.25) is 0 Å². The highest BCUT2D eigenvalue weighted by Crippen LogP contribution is 2.45. The summed E-state index contributed by atoms with van der Waals surface area (Å²) in [5.74, 6) is 0.630. The summed E-state index contributed by atoms with van der Waals surface area (Å²) in [4.78, 5) is 27.6. The van der Waals surface area contributed by atoms with Crippen molar-refractivity contribution in [2.24, 2.45) is 0 Å². The summed E-state index contributed by atoms with van der Waals surface area (Å²) in [6, 6.07) is 12.7. The lowest BCUT2D eigenvalue weighted by Gasteiger charge is -2.25. The zero-order chi connectivity index (χ0) is 20.5. The molecule has 29 heavy (non-hydrogen) atoms. The molecule has 2 aliphatic rings. The number of ether oxygens (including phenoxy) is 1. The van der Waals surface area contributed by atoms with Gasteiger partial charge in [0.1, 0.15) is 5.75 Å². The van der Waals surface area contributed by atoms with Crippen LogP contribution in [0.25, 0.3) is 5.57 Å². The number of urea groups is 1. The first-order chi connectivity index (χ1) is 14.0. The van der Waals surface area contributed by atoms with Gasteiger partial charge >= 0.3 is 6.03 Å². The molecule has 2 aliphatic heterocycles. The largest absolute Gasteiger partial charge is 0.493 e. The Balaban J connectivity index is 1.54. The van der Waals surface area contributed by atoms with E-state index in [0.29, 0.717) is 29.4 Å². The van der Waals surface area contributed by atoms with Crippen molar-refractivity contribution >= 4 is 46.7 Å². The molecule has 1 N–H and O–H groups in total. The van der Waals surface area contributed by atoms with Crippen LogP contribution in [0.3, 0.4) is 0 Å². The number of carbonyl (C=O) groups excluding carboxylic acids is 2. The van der Waals surface area contributed by atoms with Crippen LogP contribution in [0, 0.1) is 0 Å². The summed E-state index contributed by atoms with van der Waals surface area (Å²) in [7, 11) is 3.24. The van der Waals surface area contributed by atoms with Crippen molar-refractivity contribution in [2.45, 2.75) is 6.42 Å². The first-order valence-corrected chi connectivity index (χ1v) is 10.3. The monoisotopic (exact) mass is 429 g/mol. The average Bonchev–Trinajstić information content (AvgIpc) is 3.08. The van der Waals surface area contributed by atoms with Crippen molar-refractivity contribution in [3.63, 3.8) is 0 Å². The van der Waals surface area contributed by atoms with E-state index < -0.39 is 0 Å². The standard InChI is InChI=1S/C21H20ClN3O3S/c1-23-20(26)13-7-8-17(16(22)11-13)24(2)21(27)25-12-15-14-5-3-4-6-18(14)28-10-9-19(15)29-25/h3-8,11H,9-10,12H2,1-2H3,(H,23,26). The molecule has 0 aliphatic carbocycles. The number of hydrogen-bond donors (Lipinski definition) is 1. The number of carbonyl (C=O) groups is 2. The van der Waals surface area contributed by atoms with Crippen molar-refractivity contribution in [3.8, 4) is 5.75 Å². The highest BCUT2D eigenvalue weighted by molar-refractivity contribution is 8.01. The van der Waals surface area contributed by atoms with Gasteiger partial charge in [-0.25, -0.2) is 4.79 Å². The highest BCUT2D eigenvalue weighted by atomic mass is 35.5. The van der Waals surface area contributed by atoms with Crippen molar-refractivity contribution in [1.82, 2.24) is 9.62 Å². The normalized spacial score (nSPS) is 15.2. The summed E-state index contributed by atoms with van der Waals surface area (Å²) in [5.41, 5.74) is 3.17. The molecule has 3 amide bonds. The van der Waals surface area contributed by atoms with Crippen LogP contribution in [-0.2, 0) is 0 Å². The van der Waals surface area contributed by atoms with Gasteiger partial charge in [-0.3, -0.25) is 14.0 Å². The number of amides is 3. The molecule has 0 spiro atoms. The Hall–Kier alpha value is -2.64. The number of fused-ring (bicyclic) bond motifs is 2. The Kier molecular flexibility index (Phi) is 5.43. The molecule has 150 valence electrons. The van der Waals surface area contributed by atoms with E-state index in [2.05, 4.69) is 5.32 Å². The zero-order valence-corrected chi connectivity index (χ0v) is 17.6. The summed E-state index contributed by atoms with van der Waals surface area (Å²) >= 11 is 7.82. The molecule has 0 bridgehead atoms. The molecule has 0 fully saturated rings. The number of para-hydroxylation sites is 1. The molecule has 2 aromatic carbocycles. The molecule has 8 heteroatoms. The number of halogens is 1. The number of anilines is 1. The van der Waals surface area contributed by atoms with Crippen LogP contribution in [-0.4, -0.2) is 43.5 Å². The van der Waals surface area contributed by atoms with Crippen molar-refractivity contribution in [1.29, 1.82) is 0 Å². The molecule has 0 aromatic heterocycles. The summed E-state index contributed by atoms with van der Waals surface area (Å²) < 4.78 is 7.57. The predicted molar refractivity (Wildman–Crippen MR) is 116 cm³/mol. The van der Waals surface area contributed by atoms with E-state index in [4.69, 9.17) is 16.3 Å². The summed E-state index contributed by atoms with van der Waals surface area (Å²) in [6.45, 7) is 1.09. The summed E-state index contributed by atoms with van der Waals surface area (Å²) in [6.07, 6.45) is 0.768. The molecule has 4 rings (SSSR count). The van der Waals surface area contributed by atoms with Crippen LogP contribution in [0.2, 0.25) is 5.02 Å². The molecule has 0 saturated heterocycles. The maximum atomic E-state index is 13.1. The Morgan fingerprint density at radius 2 is 2.03 bits per heavy atom. The van der Waals surface area contributed by atoms with Gasteiger partial charge in [-0.1, -0.05) is 29.8 Å². The van der Waals surface area contributed by atoms with Crippen LogP contribution in [0.1, 0.15) is 22.3 Å². The third kappa shape index (κ3) is 3.68. The van der Waals surface area contributed by atoms with Gasteiger partial charge in [0.05, 0.1) is 23.9 Å². The fraction of sp³-hybridized carbons (Fsp3) is 0.238. The van der Waals surface area contributed by atoms with Gasteiger partial charge in [0, 0.05) is 36.5 Å². The second-order valence-electron chi connectivity index (χ2n) is 6.71. The van der Waals surface area contributed by atoms with Crippen LogP contribution in [0.15, 0.2) is 47.4 Å². The lowest BCUT2D eigenvalue weighted by Crippen LogP contribution is -2.36. The number of nitrogens with one attached hydrogen (secondary N) is 1. The molecule has 0 radical (unpaired) electrons. The minimum atomic E-state index is -0.226. The first kappa shape index (κ1) is 19.7. The topological polar surface area (TPSA) is 61.9 Å². The van der Waals surface area contributed by atoms with Gasteiger partial charge in [-0.05, 0) is 41.8 Å². The van der Waals surface area contributed by atoms with Crippen LogP contribution in [0.5, 0.6) is 5.75 Å². The van der Waals surface area contributed by atoms with Gasteiger partial charge in [-0.2, -0.15) is 0 Å². The second kappa shape index (κ2) is 8.00. The smallest absolute Gasteiger partial charge is 0.334 e. The molecule has 0 atom stereocenters. The van der Waals surface area contributed by atoms with E-state index in [-0.39, 0.29) is 11.9 Å². The SMILES string of the molecule is CNC(=O)c1ccc(N(C)C(=O)N2CC3=C(CCOc4ccccc43)S2)c(Cl)c1. The summed E-state index contributed by atoms with van der Waals surface area (Å²) in [5, 5.41) is 2.91. The van der Waals surface area contributed by atoms with Crippen LogP contribution >= 0.6 is 23.5 Å². The van der Waals surface area contributed by atoms with E-state index >= 15 is 0 Å². The van der Waals surface area contributed by atoms with Gasteiger partial charge < -0.3 is 10.1 Å². The minimum Gasteiger partial charge on any atom is -0.493 e. The fourth-order valence-electron chi connectivity index (χ4n) is 3.42. The van der Waals surface area contributed by atoms with Crippen molar-refractivity contribution in [3.05, 3.63) is 63.5 Å². The third-order valence-electron chi connectivity index (χ3n) is 4.96. The first-order valence-electron chi connectivity index (χ1n) is 9.18. The van der Waals surface area contributed by atoms with Crippen molar-refractivity contribution in [2.75, 3.05) is 32.1 Å². The maximum Gasteiger partial charge on any atom is 0.334 e. The van der Waals surface area contributed by atoms with Gasteiger partial charge in [0.25, 0.3) is 5.91 Å². The Bertz CT molecular complexity index is 1020. The van der Waals surface area contributed by atoms with Crippen LogP contribution < -0.4 is 15.0 Å². The maximum absolute atomic E-state index is 13.1. The molecule has 0 unspecified atom stereocenters. The minimum absolute atomic E-state index is 0.170. The molecule has 2 heterocycles. The molecular formula is C21H20ClN3O3S. The number of rotatable bonds is 2.